The van der Waals surface area contributed by atoms with E-state index in [-0.39, 0.29) is 6.42 Å². The Bertz CT molecular complexity index is 945. The van der Waals surface area contributed by atoms with Crippen LogP contribution in [0.4, 0.5) is 11.4 Å². The van der Waals surface area contributed by atoms with Gasteiger partial charge in [0.25, 0.3) is 0 Å². The van der Waals surface area contributed by atoms with Crippen LogP contribution in [-0.2, 0) is 24.6 Å². The van der Waals surface area contributed by atoms with Crippen LogP contribution >= 0.6 is 0 Å². The van der Waals surface area contributed by atoms with Gasteiger partial charge < -0.3 is 29.6 Å². The summed E-state index contributed by atoms with van der Waals surface area (Å²) in [5.41, 5.74) is -0.692. The third kappa shape index (κ3) is 3.60. The van der Waals surface area contributed by atoms with Crippen molar-refractivity contribution in [1.29, 1.82) is 0 Å². The standard InChI is InChI=1S/C22H26N2O6/c1-21(19(25)29-4)13-22(20(26)30-5,23-14-6-8-15(27-2)9-7-14)17-12-16(28-3)10-11-18(17)24-21/h6-12,23-24H,13H2,1-5H3. The number of benzene rings is 2. The average Bonchev–Trinajstić information content (AvgIpc) is 2.77. The smallest absolute Gasteiger partial charge is 0.336 e. The van der Waals surface area contributed by atoms with E-state index >= 15 is 0 Å². The van der Waals surface area contributed by atoms with Gasteiger partial charge >= 0.3 is 11.9 Å². The quantitative estimate of drug-likeness (QED) is 0.697. The molecule has 8 nitrogen and oxygen atoms in total. The van der Waals surface area contributed by atoms with Crippen molar-refractivity contribution in [2.45, 2.75) is 24.4 Å². The van der Waals surface area contributed by atoms with Gasteiger partial charge in [0.05, 0.1) is 28.4 Å². The molecule has 2 N–H and O–H groups in total. The lowest BCUT2D eigenvalue weighted by Crippen LogP contribution is -2.59. The molecule has 2 aromatic carbocycles. The van der Waals surface area contributed by atoms with Crippen molar-refractivity contribution in [1.82, 2.24) is 0 Å². The maximum Gasteiger partial charge on any atom is 0.336 e. The Kier molecular flexibility index (Phi) is 5.78. The van der Waals surface area contributed by atoms with Crippen LogP contribution in [-0.4, -0.2) is 45.9 Å². The second-order valence-corrected chi connectivity index (χ2v) is 7.29. The molecule has 8 heteroatoms. The first kappa shape index (κ1) is 21.3. The van der Waals surface area contributed by atoms with Crippen molar-refractivity contribution in [3.05, 3.63) is 48.0 Å². The van der Waals surface area contributed by atoms with Crippen LogP contribution in [0.5, 0.6) is 11.5 Å². The van der Waals surface area contributed by atoms with E-state index in [1.54, 1.807) is 63.6 Å². The van der Waals surface area contributed by atoms with Gasteiger partial charge in [-0.25, -0.2) is 9.59 Å². The highest BCUT2D eigenvalue weighted by molar-refractivity contribution is 5.95. The maximum atomic E-state index is 13.2. The molecule has 2 unspecified atom stereocenters. The summed E-state index contributed by atoms with van der Waals surface area (Å²) in [4.78, 5) is 25.9. The molecule has 0 saturated heterocycles. The summed E-state index contributed by atoms with van der Waals surface area (Å²) in [5, 5.41) is 6.52. The van der Waals surface area contributed by atoms with Crippen LogP contribution < -0.4 is 20.1 Å². The normalized spacial score (nSPS) is 22.2. The third-order valence-corrected chi connectivity index (χ3v) is 5.33. The second-order valence-electron chi connectivity index (χ2n) is 7.29. The molecular formula is C22H26N2O6. The molecule has 0 saturated carbocycles. The van der Waals surface area contributed by atoms with E-state index in [0.717, 1.165) is 0 Å². The topological polar surface area (TPSA) is 95.1 Å². The Morgan fingerprint density at radius 1 is 0.900 bits per heavy atom. The predicted octanol–water partition coefficient (Wildman–Crippen LogP) is 2.93. The first-order valence-corrected chi connectivity index (χ1v) is 9.37. The fraction of sp³-hybridized carbons (Fsp3) is 0.364. The molecule has 160 valence electrons. The van der Waals surface area contributed by atoms with Crippen molar-refractivity contribution in [3.63, 3.8) is 0 Å². The van der Waals surface area contributed by atoms with E-state index in [1.807, 2.05) is 0 Å². The summed E-state index contributed by atoms with van der Waals surface area (Å²) in [7, 11) is 5.76. The molecule has 0 radical (unpaired) electrons. The van der Waals surface area contributed by atoms with Crippen LogP contribution in [0.1, 0.15) is 18.9 Å². The van der Waals surface area contributed by atoms with Gasteiger partial charge in [0.15, 0.2) is 5.54 Å². The monoisotopic (exact) mass is 414 g/mol. The van der Waals surface area contributed by atoms with Crippen LogP contribution in [0.15, 0.2) is 42.5 Å². The minimum Gasteiger partial charge on any atom is -0.497 e. The van der Waals surface area contributed by atoms with E-state index < -0.39 is 23.0 Å². The molecule has 0 aromatic heterocycles. The number of fused-ring (bicyclic) bond motifs is 1. The van der Waals surface area contributed by atoms with Gasteiger partial charge in [-0.2, -0.15) is 0 Å². The fourth-order valence-corrected chi connectivity index (χ4v) is 3.87. The Balaban J connectivity index is 2.21. The highest BCUT2D eigenvalue weighted by Gasteiger charge is 2.55. The number of rotatable bonds is 6. The first-order chi connectivity index (χ1) is 14.3. The van der Waals surface area contributed by atoms with Crippen molar-refractivity contribution in [3.8, 4) is 11.5 Å². The predicted molar refractivity (Wildman–Crippen MR) is 112 cm³/mol. The first-order valence-electron chi connectivity index (χ1n) is 9.37. The number of carbonyl (C=O) groups excluding carboxylic acids is 2. The average molecular weight is 414 g/mol. The number of anilines is 2. The Labute approximate surface area is 175 Å². The van der Waals surface area contributed by atoms with Crippen LogP contribution in [0, 0.1) is 0 Å². The third-order valence-electron chi connectivity index (χ3n) is 5.33. The molecule has 1 heterocycles. The molecular weight excluding hydrogens is 388 g/mol. The molecule has 0 bridgehead atoms. The summed E-state index contributed by atoms with van der Waals surface area (Å²) in [6.45, 7) is 1.69. The van der Waals surface area contributed by atoms with Gasteiger partial charge in [-0.1, -0.05) is 0 Å². The minimum absolute atomic E-state index is 0.0472. The largest absolute Gasteiger partial charge is 0.497 e. The molecule has 2 atom stereocenters. The van der Waals surface area contributed by atoms with Gasteiger partial charge in [0.2, 0.25) is 0 Å². The molecule has 0 amide bonds. The number of hydrogen-bond acceptors (Lipinski definition) is 8. The summed E-state index contributed by atoms with van der Waals surface area (Å²) in [6, 6.07) is 12.4. The van der Waals surface area contributed by atoms with Gasteiger partial charge in [-0.15, -0.1) is 0 Å². The zero-order valence-corrected chi connectivity index (χ0v) is 17.7. The van der Waals surface area contributed by atoms with Crippen LogP contribution in [0.25, 0.3) is 0 Å². The van der Waals surface area contributed by atoms with Crippen LogP contribution in [0.3, 0.4) is 0 Å². The highest BCUT2D eigenvalue weighted by Crippen LogP contribution is 2.46. The zero-order valence-electron chi connectivity index (χ0n) is 17.7. The van der Waals surface area contributed by atoms with E-state index in [1.165, 1.54) is 14.2 Å². The van der Waals surface area contributed by atoms with Crippen molar-refractivity contribution >= 4 is 23.3 Å². The Hall–Kier alpha value is -3.42. The number of esters is 2. The molecule has 2 aromatic rings. The minimum atomic E-state index is -1.37. The molecule has 0 spiro atoms. The molecule has 1 aliphatic rings. The second kappa shape index (κ2) is 8.14. The van der Waals surface area contributed by atoms with Gasteiger partial charge in [0, 0.05) is 23.4 Å². The lowest BCUT2D eigenvalue weighted by Gasteiger charge is -2.45. The Morgan fingerprint density at radius 2 is 1.50 bits per heavy atom. The zero-order chi connectivity index (χ0) is 21.9. The molecule has 30 heavy (non-hydrogen) atoms. The summed E-state index contributed by atoms with van der Waals surface area (Å²) < 4.78 is 20.8. The molecule has 3 rings (SSSR count). The fourth-order valence-electron chi connectivity index (χ4n) is 3.87. The number of methoxy groups -OCH3 is 4. The number of nitrogens with one attached hydrogen (secondary N) is 2. The van der Waals surface area contributed by atoms with Crippen molar-refractivity contribution in [2.24, 2.45) is 0 Å². The summed E-state index contributed by atoms with van der Waals surface area (Å²) in [5.74, 6) is 0.222. The lowest BCUT2D eigenvalue weighted by atomic mass is 9.73. The number of carbonyl (C=O) groups is 2. The molecule has 1 aliphatic heterocycles. The Morgan fingerprint density at radius 3 is 2.07 bits per heavy atom. The van der Waals surface area contributed by atoms with E-state index in [2.05, 4.69) is 10.6 Å². The van der Waals surface area contributed by atoms with Crippen molar-refractivity contribution in [2.75, 3.05) is 39.1 Å². The highest BCUT2D eigenvalue weighted by atomic mass is 16.5. The summed E-state index contributed by atoms with van der Waals surface area (Å²) >= 11 is 0. The maximum absolute atomic E-state index is 13.2. The van der Waals surface area contributed by atoms with E-state index in [9.17, 15) is 9.59 Å². The van der Waals surface area contributed by atoms with Gasteiger partial charge in [0.1, 0.15) is 17.0 Å². The van der Waals surface area contributed by atoms with E-state index in [4.69, 9.17) is 18.9 Å². The van der Waals surface area contributed by atoms with Crippen LogP contribution in [0.2, 0.25) is 0 Å². The molecule has 0 fully saturated rings. The number of hydrogen-bond donors (Lipinski definition) is 2. The SMILES string of the molecule is COC(=O)C1(C)CC(Nc2ccc(OC)cc2)(C(=O)OC)c2cc(OC)ccc2N1. The molecule has 0 aliphatic carbocycles. The van der Waals surface area contributed by atoms with Gasteiger partial charge in [-0.05, 0) is 49.4 Å². The van der Waals surface area contributed by atoms with Crippen molar-refractivity contribution < 1.29 is 28.5 Å². The van der Waals surface area contributed by atoms with Gasteiger partial charge in [-0.3, -0.25) is 0 Å². The number of ether oxygens (including phenoxy) is 4. The lowest BCUT2D eigenvalue weighted by molar-refractivity contribution is -0.151. The summed E-state index contributed by atoms with van der Waals surface area (Å²) in [6.07, 6.45) is 0.0472. The van der Waals surface area contributed by atoms with E-state index in [0.29, 0.717) is 28.4 Å².